The summed E-state index contributed by atoms with van der Waals surface area (Å²) in [5, 5.41) is 9.29. The number of hydrogen-bond donors (Lipinski definition) is 2. The SMILES string of the molecule is [C-]#[N+]C1(c2cc(Cl)cc([C@@H](N)CC(=O)O)c2)CCC1. The Morgan fingerprint density at radius 3 is 2.68 bits per heavy atom. The fraction of sp³-hybridized carbons (Fsp3) is 0.429. The van der Waals surface area contributed by atoms with Crippen molar-refractivity contribution in [2.45, 2.75) is 37.3 Å². The Bertz CT molecular complexity index is 547. The number of nitrogens with two attached hydrogens (primary N) is 1. The van der Waals surface area contributed by atoms with Gasteiger partial charge in [-0.3, -0.25) is 4.79 Å². The summed E-state index contributed by atoms with van der Waals surface area (Å²) in [5.74, 6) is -0.947. The lowest BCUT2D eigenvalue weighted by molar-refractivity contribution is -0.137. The summed E-state index contributed by atoms with van der Waals surface area (Å²) in [5.41, 5.74) is 6.92. The molecular formula is C14H15ClN2O2. The number of rotatable bonds is 4. The molecular weight excluding hydrogens is 264 g/mol. The first-order chi connectivity index (χ1) is 8.97. The molecule has 0 aliphatic heterocycles. The summed E-state index contributed by atoms with van der Waals surface area (Å²) >= 11 is 6.07. The molecule has 5 heteroatoms. The fourth-order valence-electron chi connectivity index (χ4n) is 2.38. The topological polar surface area (TPSA) is 67.7 Å². The lowest BCUT2D eigenvalue weighted by Gasteiger charge is -2.31. The zero-order chi connectivity index (χ0) is 14.0. The van der Waals surface area contributed by atoms with E-state index in [1.165, 1.54) is 0 Å². The van der Waals surface area contributed by atoms with Gasteiger partial charge in [-0.2, -0.15) is 0 Å². The Morgan fingerprint density at radius 2 is 2.21 bits per heavy atom. The highest BCUT2D eigenvalue weighted by Crippen LogP contribution is 2.46. The van der Waals surface area contributed by atoms with Crippen molar-refractivity contribution in [2.75, 3.05) is 0 Å². The van der Waals surface area contributed by atoms with E-state index in [0.29, 0.717) is 10.6 Å². The van der Waals surface area contributed by atoms with Crippen molar-refractivity contribution in [3.05, 3.63) is 45.8 Å². The predicted molar refractivity (Wildman–Crippen MR) is 72.8 cm³/mol. The number of aliphatic carboxylic acids is 1. The van der Waals surface area contributed by atoms with Crippen LogP contribution in [0.4, 0.5) is 0 Å². The van der Waals surface area contributed by atoms with Gasteiger partial charge in [-0.15, -0.1) is 0 Å². The number of halogens is 1. The zero-order valence-electron chi connectivity index (χ0n) is 10.4. The summed E-state index contributed by atoms with van der Waals surface area (Å²) in [4.78, 5) is 14.4. The molecule has 4 nitrogen and oxygen atoms in total. The van der Waals surface area contributed by atoms with Crippen LogP contribution in [0.2, 0.25) is 5.02 Å². The van der Waals surface area contributed by atoms with Crippen molar-refractivity contribution < 1.29 is 9.90 Å². The molecule has 0 radical (unpaired) electrons. The van der Waals surface area contributed by atoms with Gasteiger partial charge < -0.3 is 15.7 Å². The van der Waals surface area contributed by atoms with Gasteiger partial charge in [-0.05, 0) is 30.2 Å². The van der Waals surface area contributed by atoms with E-state index in [4.69, 9.17) is 29.0 Å². The van der Waals surface area contributed by atoms with Gasteiger partial charge >= 0.3 is 5.97 Å². The summed E-state index contributed by atoms with van der Waals surface area (Å²) < 4.78 is 0. The van der Waals surface area contributed by atoms with Gasteiger partial charge in [0.2, 0.25) is 0 Å². The van der Waals surface area contributed by atoms with Gasteiger partial charge in [0, 0.05) is 29.5 Å². The average molecular weight is 279 g/mol. The van der Waals surface area contributed by atoms with Crippen LogP contribution < -0.4 is 5.73 Å². The molecule has 0 aromatic heterocycles. The number of carboxylic acid groups (broad SMARTS) is 1. The first-order valence-electron chi connectivity index (χ1n) is 6.14. The van der Waals surface area contributed by atoms with Crippen molar-refractivity contribution in [2.24, 2.45) is 5.73 Å². The molecule has 2 rings (SSSR count). The van der Waals surface area contributed by atoms with Gasteiger partial charge in [0.15, 0.2) is 0 Å². The van der Waals surface area contributed by atoms with Gasteiger partial charge in [-0.1, -0.05) is 11.6 Å². The zero-order valence-corrected chi connectivity index (χ0v) is 11.2. The molecule has 0 bridgehead atoms. The molecule has 1 atom stereocenters. The normalized spacial score (nSPS) is 18.2. The van der Waals surface area contributed by atoms with Crippen LogP contribution >= 0.6 is 11.6 Å². The minimum Gasteiger partial charge on any atom is -0.481 e. The maximum absolute atomic E-state index is 10.7. The molecule has 100 valence electrons. The predicted octanol–water partition coefficient (Wildman–Crippen LogP) is 3.11. The molecule has 1 aromatic carbocycles. The number of carbonyl (C=O) groups is 1. The van der Waals surface area contributed by atoms with E-state index in [2.05, 4.69) is 4.85 Å². The Balaban J connectivity index is 2.35. The Morgan fingerprint density at radius 1 is 1.53 bits per heavy atom. The monoisotopic (exact) mass is 278 g/mol. The van der Waals surface area contributed by atoms with Crippen LogP contribution in [0.3, 0.4) is 0 Å². The summed E-state index contributed by atoms with van der Waals surface area (Å²) in [6.45, 7) is 7.36. The molecule has 1 fully saturated rings. The van der Waals surface area contributed by atoms with E-state index < -0.39 is 17.6 Å². The Hall–Kier alpha value is -1.57. The average Bonchev–Trinajstić information content (AvgIpc) is 2.26. The molecule has 1 aromatic rings. The highest BCUT2D eigenvalue weighted by Gasteiger charge is 2.46. The highest BCUT2D eigenvalue weighted by molar-refractivity contribution is 6.30. The van der Waals surface area contributed by atoms with Crippen molar-refractivity contribution in [1.82, 2.24) is 0 Å². The van der Waals surface area contributed by atoms with Gasteiger partial charge in [-0.25, -0.2) is 6.57 Å². The van der Waals surface area contributed by atoms with Crippen molar-refractivity contribution in [1.29, 1.82) is 0 Å². The fourth-order valence-corrected chi connectivity index (χ4v) is 2.62. The van der Waals surface area contributed by atoms with Crippen molar-refractivity contribution in [3.63, 3.8) is 0 Å². The molecule has 1 aliphatic carbocycles. The number of nitrogens with zero attached hydrogens (tertiary/aromatic N) is 1. The van der Waals surface area contributed by atoms with E-state index in [9.17, 15) is 4.79 Å². The Labute approximate surface area is 117 Å². The molecule has 0 heterocycles. The molecule has 1 aliphatic rings. The third-order valence-corrected chi connectivity index (χ3v) is 3.89. The smallest absolute Gasteiger partial charge is 0.305 e. The molecule has 0 amide bonds. The maximum Gasteiger partial charge on any atom is 0.305 e. The minimum absolute atomic E-state index is 0.148. The number of carboxylic acids is 1. The van der Waals surface area contributed by atoms with Crippen LogP contribution in [0.25, 0.3) is 4.85 Å². The second-order valence-electron chi connectivity index (χ2n) is 4.97. The molecule has 19 heavy (non-hydrogen) atoms. The van der Waals surface area contributed by atoms with E-state index in [0.717, 1.165) is 24.8 Å². The van der Waals surface area contributed by atoms with Crippen LogP contribution in [0.1, 0.15) is 42.9 Å². The lowest BCUT2D eigenvalue weighted by atomic mass is 9.72. The third-order valence-electron chi connectivity index (χ3n) is 3.67. The van der Waals surface area contributed by atoms with E-state index >= 15 is 0 Å². The van der Waals surface area contributed by atoms with Crippen LogP contribution in [0, 0.1) is 6.57 Å². The van der Waals surface area contributed by atoms with Crippen LogP contribution in [-0.4, -0.2) is 11.1 Å². The maximum atomic E-state index is 10.7. The largest absolute Gasteiger partial charge is 0.481 e. The Kier molecular flexibility index (Phi) is 3.79. The molecule has 3 N–H and O–H groups in total. The number of benzene rings is 1. The first kappa shape index (κ1) is 13.9. The van der Waals surface area contributed by atoms with Crippen LogP contribution in [0.15, 0.2) is 18.2 Å². The summed E-state index contributed by atoms with van der Waals surface area (Å²) in [6.07, 6.45) is 2.53. The standard InChI is InChI=1S/C14H15ClN2O2/c1-17-14(3-2-4-14)10-5-9(6-11(15)7-10)12(16)8-13(18)19/h5-7,12H,2-4,8,16H2,(H,18,19)/t12-/m0/s1. The summed E-state index contributed by atoms with van der Waals surface area (Å²) in [6, 6.07) is 4.69. The highest BCUT2D eigenvalue weighted by atomic mass is 35.5. The number of hydrogen-bond acceptors (Lipinski definition) is 2. The third kappa shape index (κ3) is 2.73. The lowest BCUT2D eigenvalue weighted by Crippen LogP contribution is -2.30. The quantitative estimate of drug-likeness (QED) is 0.832. The first-order valence-corrected chi connectivity index (χ1v) is 6.51. The minimum atomic E-state index is -0.947. The molecule has 0 unspecified atom stereocenters. The van der Waals surface area contributed by atoms with E-state index in [1.54, 1.807) is 12.1 Å². The molecule has 1 saturated carbocycles. The summed E-state index contributed by atoms with van der Waals surface area (Å²) in [7, 11) is 0. The van der Waals surface area contributed by atoms with Gasteiger partial charge in [0.1, 0.15) is 0 Å². The molecule has 0 spiro atoms. The van der Waals surface area contributed by atoms with Crippen LogP contribution in [0.5, 0.6) is 0 Å². The van der Waals surface area contributed by atoms with Gasteiger partial charge in [0.05, 0.1) is 6.42 Å². The van der Waals surface area contributed by atoms with E-state index in [1.807, 2.05) is 6.07 Å². The van der Waals surface area contributed by atoms with Crippen molar-refractivity contribution in [3.8, 4) is 0 Å². The van der Waals surface area contributed by atoms with E-state index in [-0.39, 0.29) is 6.42 Å². The molecule has 0 saturated heterocycles. The second kappa shape index (κ2) is 5.20. The van der Waals surface area contributed by atoms with Crippen molar-refractivity contribution >= 4 is 17.6 Å². The van der Waals surface area contributed by atoms with Crippen LogP contribution in [-0.2, 0) is 10.3 Å². The second-order valence-corrected chi connectivity index (χ2v) is 5.41. The van der Waals surface area contributed by atoms with Gasteiger partial charge in [0.25, 0.3) is 5.54 Å².